The van der Waals surface area contributed by atoms with Gasteiger partial charge in [-0.2, -0.15) is 0 Å². The van der Waals surface area contributed by atoms with Crippen LogP contribution in [0.3, 0.4) is 0 Å². The fraction of sp³-hybridized carbons (Fsp3) is 0.545. The van der Waals surface area contributed by atoms with E-state index in [9.17, 15) is 4.79 Å². The second-order valence-electron chi connectivity index (χ2n) is 3.66. The van der Waals surface area contributed by atoms with Gasteiger partial charge in [0.25, 0.3) is 0 Å². The van der Waals surface area contributed by atoms with Gasteiger partial charge in [0.05, 0.1) is 5.41 Å². The second kappa shape index (κ2) is 4.26. The molecule has 0 N–H and O–H groups in total. The number of rotatable bonds is 3. The Kier molecular flexibility index (Phi) is 3.29. The fourth-order valence-corrected chi connectivity index (χ4v) is 1.46. The van der Waals surface area contributed by atoms with E-state index in [1.54, 1.807) is 6.08 Å². The van der Waals surface area contributed by atoms with Crippen LogP contribution < -0.4 is 0 Å². The minimum atomic E-state index is -0.308. The van der Waals surface area contributed by atoms with E-state index in [4.69, 9.17) is 4.74 Å². The summed E-state index contributed by atoms with van der Waals surface area (Å²) in [6.07, 6.45) is 8.42. The average Bonchev–Trinajstić information content (AvgIpc) is 2.15. The normalized spacial score (nSPS) is 26.8. The van der Waals surface area contributed by atoms with Crippen LogP contribution in [0, 0.1) is 5.41 Å². The summed E-state index contributed by atoms with van der Waals surface area (Å²) < 4.78 is 5.04. The van der Waals surface area contributed by atoms with Crippen LogP contribution in [0.15, 0.2) is 24.8 Å². The molecule has 0 spiro atoms. The van der Waals surface area contributed by atoms with Gasteiger partial charge in [0.1, 0.15) is 6.61 Å². The van der Waals surface area contributed by atoms with Crippen LogP contribution in [0.5, 0.6) is 0 Å². The van der Waals surface area contributed by atoms with Crippen LogP contribution in [0.1, 0.15) is 26.2 Å². The van der Waals surface area contributed by atoms with Gasteiger partial charge in [0.15, 0.2) is 0 Å². The topological polar surface area (TPSA) is 26.3 Å². The third-order valence-corrected chi connectivity index (χ3v) is 2.42. The number of carbonyl (C=O) groups excluding carboxylic acids is 1. The zero-order chi connectivity index (χ0) is 9.73. The highest BCUT2D eigenvalue weighted by Gasteiger charge is 2.34. The zero-order valence-corrected chi connectivity index (χ0v) is 8.08. The van der Waals surface area contributed by atoms with Gasteiger partial charge in [-0.1, -0.05) is 24.8 Å². The lowest BCUT2D eigenvalue weighted by atomic mass is 9.79. The Balaban J connectivity index is 2.52. The van der Waals surface area contributed by atoms with Crippen LogP contribution in [-0.4, -0.2) is 12.6 Å². The summed E-state index contributed by atoms with van der Waals surface area (Å²) >= 11 is 0. The molecule has 0 heterocycles. The lowest BCUT2D eigenvalue weighted by molar-refractivity contribution is -0.154. The number of carbonyl (C=O) groups is 1. The predicted octanol–water partition coefficient (Wildman–Crippen LogP) is 2.46. The van der Waals surface area contributed by atoms with Crippen LogP contribution in [-0.2, 0) is 9.53 Å². The highest BCUT2D eigenvalue weighted by Crippen LogP contribution is 2.33. The summed E-state index contributed by atoms with van der Waals surface area (Å²) in [6, 6.07) is 0. The molecule has 0 fully saturated rings. The molecule has 0 aromatic heterocycles. The Labute approximate surface area is 79.3 Å². The van der Waals surface area contributed by atoms with Gasteiger partial charge < -0.3 is 4.74 Å². The number of ether oxygens (including phenoxy) is 1. The Morgan fingerprint density at radius 2 is 2.46 bits per heavy atom. The van der Waals surface area contributed by atoms with E-state index < -0.39 is 0 Å². The maximum Gasteiger partial charge on any atom is 0.312 e. The van der Waals surface area contributed by atoms with E-state index in [1.807, 2.05) is 6.92 Å². The van der Waals surface area contributed by atoms with Gasteiger partial charge in [-0.3, -0.25) is 4.79 Å². The molecule has 0 amide bonds. The molecule has 0 radical (unpaired) electrons. The SMILES string of the molecule is C=CCOC(=O)C1(C)CC=CCC1. The van der Waals surface area contributed by atoms with Crippen LogP contribution in [0.4, 0.5) is 0 Å². The first kappa shape index (κ1) is 10.0. The van der Waals surface area contributed by atoms with Crippen molar-refractivity contribution in [1.29, 1.82) is 0 Å². The molecule has 1 aliphatic carbocycles. The van der Waals surface area contributed by atoms with Crippen molar-refractivity contribution in [2.24, 2.45) is 5.41 Å². The quantitative estimate of drug-likeness (QED) is 0.492. The van der Waals surface area contributed by atoms with Gasteiger partial charge >= 0.3 is 5.97 Å². The van der Waals surface area contributed by atoms with Gasteiger partial charge in [0, 0.05) is 0 Å². The van der Waals surface area contributed by atoms with Crippen molar-refractivity contribution in [2.75, 3.05) is 6.61 Å². The molecule has 2 heteroatoms. The van der Waals surface area contributed by atoms with E-state index in [1.165, 1.54) is 0 Å². The Bertz CT molecular complexity index is 230. The summed E-state index contributed by atoms with van der Waals surface area (Å²) in [6.45, 7) is 5.79. The third-order valence-electron chi connectivity index (χ3n) is 2.42. The first-order valence-electron chi connectivity index (χ1n) is 4.62. The number of allylic oxidation sites excluding steroid dienone is 2. The third kappa shape index (κ3) is 2.44. The summed E-state index contributed by atoms with van der Waals surface area (Å²) in [5.74, 6) is -0.100. The van der Waals surface area contributed by atoms with Crippen molar-refractivity contribution < 1.29 is 9.53 Å². The van der Waals surface area contributed by atoms with Crippen LogP contribution in [0.25, 0.3) is 0 Å². The van der Waals surface area contributed by atoms with Crippen molar-refractivity contribution in [3.8, 4) is 0 Å². The van der Waals surface area contributed by atoms with E-state index in [2.05, 4.69) is 18.7 Å². The molecule has 0 aromatic rings. The predicted molar refractivity (Wildman–Crippen MR) is 52.3 cm³/mol. The molecule has 0 saturated heterocycles. The largest absolute Gasteiger partial charge is 0.461 e. The van der Waals surface area contributed by atoms with E-state index >= 15 is 0 Å². The van der Waals surface area contributed by atoms with E-state index in [0.29, 0.717) is 6.61 Å². The first-order chi connectivity index (χ1) is 6.19. The molecule has 0 aliphatic heterocycles. The monoisotopic (exact) mass is 180 g/mol. The first-order valence-corrected chi connectivity index (χ1v) is 4.62. The van der Waals surface area contributed by atoms with E-state index in [-0.39, 0.29) is 11.4 Å². The van der Waals surface area contributed by atoms with Crippen molar-refractivity contribution in [3.05, 3.63) is 24.8 Å². The minimum absolute atomic E-state index is 0.100. The molecule has 2 nitrogen and oxygen atoms in total. The number of hydrogen-bond donors (Lipinski definition) is 0. The molecular weight excluding hydrogens is 164 g/mol. The highest BCUT2D eigenvalue weighted by molar-refractivity contribution is 5.76. The fourth-order valence-electron chi connectivity index (χ4n) is 1.46. The van der Waals surface area contributed by atoms with Crippen LogP contribution >= 0.6 is 0 Å². The standard InChI is InChI=1S/C11H16O2/c1-3-9-13-10(12)11(2)7-5-4-6-8-11/h3-5H,1,6-9H2,2H3. The Morgan fingerprint density at radius 1 is 1.69 bits per heavy atom. The molecular formula is C11H16O2. The molecule has 13 heavy (non-hydrogen) atoms. The molecule has 0 bridgehead atoms. The highest BCUT2D eigenvalue weighted by atomic mass is 16.5. The summed E-state index contributed by atoms with van der Waals surface area (Å²) in [7, 11) is 0. The minimum Gasteiger partial charge on any atom is -0.461 e. The summed E-state index contributed by atoms with van der Waals surface area (Å²) in [5.41, 5.74) is -0.308. The van der Waals surface area contributed by atoms with Crippen molar-refractivity contribution in [1.82, 2.24) is 0 Å². The smallest absolute Gasteiger partial charge is 0.312 e. The van der Waals surface area contributed by atoms with Gasteiger partial charge in [0.2, 0.25) is 0 Å². The number of esters is 1. The molecule has 72 valence electrons. The Morgan fingerprint density at radius 3 is 3.00 bits per heavy atom. The maximum absolute atomic E-state index is 11.6. The maximum atomic E-state index is 11.6. The molecule has 1 rings (SSSR count). The lowest BCUT2D eigenvalue weighted by Gasteiger charge is -2.27. The zero-order valence-electron chi connectivity index (χ0n) is 8.08. The van der Waals surface area contributed by atoms with Crippen LogP contribution in [0.2, 0.25) is 0 Å². The van der Waals surface area contributed by atoms with E-state index in [0.717, 1.165) is 19.3 Å². The molecule has 1 atom stereocenters. The van der Waals surface area contributed by atoms with Crippen molar-refractivity contribution in [2.45, 2.75) is 26.2 Å². The lowest BCUT2D eigenvalue weighted by Crippen LogP contribution is -2.30. The number of hydrogen-bond acceptors (Lipinski definition) is 2. The van der Waals surface area contributed by atoms with Gasteiger partial charge in [-0.15, -0.1) is 0 Å². The molecule has 1 unspecified atom stereocenters. The average molecular weight is 180 g/mol. The van der Waals surface area contributed by atoms with Crippen molar-refractivity contribution in [3.63, 3.8) is 0 Å². The molecule has 0 saturated carbocycles. The van der Waals surface area contributed by atoms with Gasteiger partial charge in [-0.05, 0) is 26.2 Å². The Hall–Kier alpha value is -1.05. The molecule has 0 aromatic carbocycles. The molecule has 1 aliphatic rings. The summed E-state index contributed by atoms with van der Waals surface area (Å²) in [5, 5.41) is 0. The van der Waals surface area contributed by atoms with Crippen molar-refractivity contribution >= 4 is 5.97 Å². The second-order valence-corrected chi connectivity index (χ2v) is 3.66. The van der Waals surface area contributed by atoms with Gasteiger partial charge in [-0.25, -0.2) is 0 Å². The summed E-state index contributed by atoms with van der Waals surface area (Å²) in [4.78, 5) is 11.6.